The highest BCUT2D eigenvalue weighted by Crippen LogP contribution is 2.28. The lowest BCUT2D eigenvalue weighted by Gasteiger charge is -2.12. The molecule has 0 bridgehead atoms. The first-order valence-electron chi connectivity index (χ1n) is 9.62. The Kier molecular flexibility index (Phi) is 5.30. The SMILES string of the molecule is Cc1nc(SC(C)C(=O)c2ccc3c(c2)n(C)c(=O)n3C)cc(-c2ccccc2)n1. The molecule has 0 radical (unpaired) electrons. The van der Waals surface area contributed by atoms with Gasteiger partial charge in [0.1, 0.15) is 10.9 Å². The van der Waals surface area contributed by atoms with Crippen LogP contribution in [0.2, 0.25) is 0 Å². The Morgan fingerprint density at radius 1 is 0.967 bits per heavy atom. The fourth-order valence-corrected chi connectivity index (χ4v) is 4.46. The summed E-state index contributed by atoms with van der Waals surface area (Å²) in [6, 6.07) is 17.2. The number of carbonyl (C=O) groups is 1. The van der Waals surface area contributed by atoms with Gasteiger partial charge < -0.3 is 0 Å². The van der Waals surface area contributed by atoms with Crippen molar-refractivity contribution in [3.8, 4) is 11.3 Å². The summed E-state index contributed by atoms with van der Waals surface area (Å²) >= 11 is 1.41. The maximum Gasteiger partial charge on any atom is 0.328 e. The minimum Gasteiger partial charge on any atom is -0.295 e. The lowest BCUT2D eigenvalue weighted by Crippen LogP contribution is -2.19. The summed E-state index contributed by atoms with van der Waals surface area (Å²) < 4.78 is 3.14. The van der Waals surface area contributed by atoms with Gasteiger partial charge in [0.15, 0.2) is 5.78 Å². The van der Waals surface area contributed by atoms with Gasteiger partial charge in [-0.05, 0) is 38.1 Å². The van der Waals surface area contributed by atoms with Crippen LogP contribution in [0.4, 0.5) is 0 Å². The zero-order valence-corrected chi connectivity index (χ0v) is 18.1. The van der Waals surface area contributed by atoms with E-state index in [9.17, 15) is 9.59 Å². The number of hydrogen-bond donors (Lipinski definition) is 0. The summed E-state index contributed by atoms with van der Waals surface area (Å²) in [6.45, 7) is 3.73. The second-order valence-corrected chi connectivity index (χ2v) is 8.59. The van der Waals surface area contributed by atoms with E-state index >= 15 is 0 Å². The Labute approximate surface area is 178 Å². The summed E-state index contributed by atoms with van der Waals surface area (Å²) in [5, 5.41) is 0.427. The molecular formula is C23H22N4O2S. The summed E-state index contributed by atoms with van der Waals surface area (Å²) in [6.07, 6.45) is 0. The molecule has 0 aliphatic heterocycles. The number of benzene rings is 2. The van der Waals surface area contributed by atoms with Crippen molar-refractivity contribution >= 4 is 28.6 Å². The van der Waals surface area contributed by atoms with E-state index in [1.807, 2.05) is 56.3 Å². The topological polar surface area (TPSA) is 69.8 Å². The third kappa shape index (κ3) is 3.68. The van der Waals surface area contributed by atoms with Gasteiger partial charge in [-0.25, -0.2) is 14.8 Å². The first-order valence-corrected chi connectivity index (χ1v) is 10.5. The summed E-state index contributed by atoms with van der Waals surface area (Å²) in [7, 11) is 3.44. The summed E-state index contributed by atoms with van der Waals surface area (Å²) in [4.78, 5) is 34.3. The molecular weight excluding hydrogens is 396 g/mol. The van der Waals surface area contributed by atoms with Crippen LogP contribution in [-0.4, -0.2) is 30.1 Å². The van der Waals surface area contributed by atoms with Crippen LogP contribution in [0.15, 0.2) is 64.4 Å². The zero-order chi connectivity index (χ0) is 21.4. The third-order valence-corrected chi connectivity index (χ3v) is 6.13. The highest BCUT2D eigenvalue weighted by Gasteiger charge is 2.20. The highest BCUT2D eigenvalue weighted by atomic mass is 32.2. The van der Waals surface area contributed by atoms with Gasteiger partial charge in [-0.15, -0.1) is 0 Å². The van der Waals surface area contributed by atoms with Crippen LogP contribution < -0.4 is 5.69 Å². The van der Waals surface area contributed by atoms with E-state index in [1.54, 1.807) is 35.4 Å². The van der Waals surface area contributed by atoms with Crippen LogP contribution >= 0.6 is 11.8 Å². The Balaban J connectivity index is 1.61. The molecule has 6 nitrogen and oxygen atoms in total. The van der Waals surface area contributed by atoms with E-state index in [0.717, 1.165) is 27.3 Å². The van der Waals surface area contributed by atoms with Crippen LogP contribution in [0.3, 0.4) is 0 Å². The van der Waals surface area contributed by atoms with Crippen molar-refractivity contribution in [1.29, 1.82) is 0 Å². The third-order valence-electron chi connectivity index (χ3n) is 5.11. The summed E-state index contributed by atoms with van der Waals surface area (Å²) in [5.41, 5.74) is 3.87. The molecule has 0 saturated carbocycles. The summed E-state index contributed by atoms with van der Waals surface area (Å²) in [5.74, 6) is 0.662. The molecule has 4 aromatic rings. The van der Waals surface area contributed by atoms with Gasteiger partial charge in [-0.1, -0.05) is 42.1 Å². The van der Waals surface area contributed by atoms with Crippen LogP contribution in [0.5, 0.6) is 0 Å². The Morgan fingerprint density at radius 2 is 1.67 bits per heavy atom. The molecule has 0 amide bonds. The Hall–Kier alpha value is -3.19. The van der Waals surface area contributed by atoms with Crippen molar-refractivity contribution in [1.82, 2.24) is 19.1 Å². The minimum atomic E-state index is -0.332. The molecule has 0 aliphatic carbocycles. The maximum absolute atomic E-state index is 13.1. The maximum atomic E-state index is 13.1. The average molecular weight is 419 g/mol. The molecule has 4 rings (SSSR count). The number of nitrogens with zero attached hydrogens (tertiary/aromatic N) is 4. The van der Waals surface area contributed by atoms with Gasteiger partial charge >= 0.3 is 5.69 Å². The van der Waals surface area contributed by atoms with Crippen molar-refractivity contribution in [2.75, 3.05) is 0 Å². The smallest absolute Gasteiger partial charge is 0.295 e. The molecule has 30 heavy (non-hydrogen) atoms. The van der Waals surface area contributed by atoms with Gasteiger partial charge in [0.05, 0.1) is 22.0 Å². The van der Waals surface area contributed by atoms with Crippen molar-refractivity contribution in [2.24, 2.45) is 14.1 Å². The van der Waals surface area contributed by atoms with E-state index in [-0.39, 0.29) is 16.7 Å². The van der Waals surface area contributed by atoms with Gasteiger partial charge in [-0.2, -0.15) is 0 Å². The quantitative estimate of drug-likeness (QED) is 0.278. The van der Waals surface area contributed by atoms with Gasteiger partial charge in [-0.3, -0.25) is 13.9 Å². The van der Waals surface area contributed by atoms with Crippen LogP contribution in [0.1, 0.15) is 23.1 Å². The molecule has 2 aromatic carbocycles. The molecule has 2 aromatic heterocycles. The first kappa shape index (κ1) is 20.1. The lowest BCUT2D eigenvalue weighted by atomic mass is 10.1. The number of thioether (sulfide) groups is 1. The van der Waals surface area contributed by atoms with Gasteiger partial charge in [0.2, 0.25) is 0 Å². The van der Waals surface area contributed by atoms with Crippen LogP contribution in [-0.2, 0) is 14.1 Å². The number of aromatic nitrogens is 4. The molecule has 0 saturated heterocycles. The largest absolute Gasteiger partial charge is 0.328 e. The van der Waals surface area contributed by atoms with Gasteiger partial charge in [0.25, 0.3) is 0 Å². The number of fused-ring (bicyclic) bond motifs is 1. The molecule has 7 heteroatoms. The molecule has 2 heterocycles. The number of imidazole rings is 1. The molecule has 0 fully saturated rings. The van der Waals surface area contributed by atoms with Crippen molar-refractivity contribution in [3.63, 3.8) is 0 Å². The second kappa shape index (κ2) is 7.91. The van der Waals surface area contributed by atoms with Crippen molar-refractivity contribution in [3.05, 3.63) is 76.5 Å². The minimum absolute atomic E-state index is 0.00396. The van der Waals surface area contributed by atoms with E-state index in [1.165, 1.54) is 11.8 Å². The average Bonchev–Trinajstić information content (AvgIpc) is 2.97. The standard InChI is InChI=1S/C23H22N4O2S/c1-14(22(28)17-10-11-19-20(12-17)27(4)23(29)26(19)3)30-21-13-18(24-15(2)25-21)16-8-6-5-7-9-16/h5-14H,1-4H3. The number of hydrogen-bond acceptors (Lipinski definition) is 5. The second-order valence-electron chi connectivity index (χ2n) is 7.23. The van der Waals surface area contributed by atoms with E-state index < -0.39 is 0 Å². The van der Waals surface area contributed by atoms with E-state index in [4.69, 9.17) is 0 Å². The normalized spacial score (nSPS) is 12.3. The van der Waals surface area contributed by atoms with Crippen LogP contribution in [0, 0.1) is 6.92 Å². The highest BCUT2D eigenvalue weighted by molar-refractivity contribution is 8.00. The molecule has 0 N–H and O–H groups in total. The molecule has 152 valence electrons. The van der Waals surface area contributed by atoms with Crippen molar-refractivity contribution < 1.29 is 4.79 Å². The van der Waals surface area contributed by atoms with Crippen LogP contribution in [0.25, 0.3) is 22.3 Å². The number of aryl methyl sites for hydroxylation is 3. The number of ketones is 1. The number of Topliss-reactive ketones (excluding diaryl/α,β-unsaturated/α-hetero) is 1. The molecule has 0 aliphatic rings. The van der Waals surface area contributed by atoms with E-state index in [2.05, 4.69) is 9.97 Å². The van der Waals surface area contributed by atoms with Gasteiger partial charge in [0, 0.05) is 25.2 Å². The Morgan fingerprint density at radius 3 is 2.40 bits per heavy atom. The monoisotopic (exact) mass is 418 g/mol. The lowest BCUT2D eigenvalue weighted by molar-refractivity contribution is 0.0994. The molecule has 1 atom stereocenters. The number of rotatable bonds is 5. The van der Waals surface area contributed by atoms with Crippen molar-refractivity contribution in [2.45, 2.75) is 24.1 Å². The van der Waals surface area contributed by atoms with E-state index in [0.29, 0.717) is 11.4 Å². The predicted octanol–water partition coefficient (Wildman–Crippen LogP) is 4.01. The fourth-order valence-electron chi connectivity index (χ4n) is 3.49. The number of carbonyl (C=O) groups excluding carboxylic acids is 1. The Bertz CT molecular complexity index is 1310. The first-order chi connectivity index (χ1) is 14.3. The molecule has 0 spiro atoms. The molecule has 1 unspecified atom stereocenters. The predicted molar refractivity (Wildman–Crippen MR) is 120 cm³/mol. The zero-order valence-electron chi connectivity index (χ0n) is 17.3. The fraction of sp³-hybridized carbons (Fsp3) is 0.217.